The van der Waals surface area contributed by atoms with Gasteiger partial charge < -0.3 is 9.99 Å². The van der Waals surface area contributed by atoms with Gasteiger partial charge in [0.1, 0.15) is 0 Å². The molecule has 1 N–H and O–H groups in total. The third kappa shape index (κ3) is 2.58. The van der Waals surface area contributed by atoms with Crippen molar-refractivity contribution in [3.05, 3.63) is 58.3 Å². The average molecular weight is 231 g/mol. The highest BCUT2D eigenvalue weighted by Gasteiger charge is 1.99. The lowest BCUT2D eigenvalue weighted by Crippen LogP contribution is -2.26. The summed E-state index contributed by atoms with van der Waals surface area (Å²) in [7, 11) is 0. The fraction of sp³-hybridized carbons (Fsp3) is 0.308. The van der Waals surface area contributed by atoms with Crippen LogP contribution in [-0.4, -0.2) is 15.8 Å². The van der Waals surface area contributed by atoms with Gasteiger partial charge in [0.2, 0.25) is 0 Å². The molecule has 0 spiro atoms. The van der Waals surface area contributed by atoms with Crippen LogP contribution in [0.3, 0.4) is 0 Å². The van der Waals surface area contributed by atoms with Gasteiger partial charge in [-0.1, -0.05) is 6.07 Å². The smallest absolute Gasteiger partial charge is 0.250 e. The van der Waals surface area contributed by atoms with Gasteiger partial charge in [0.15, 0.2) is 0 Å². The van der Waals surface area contributed by atoms with Crippen LogP contribution in [0, 0.1) is 13.8 Å². The molecule has 0 amide bonds. The van der Waals surface area contributed by atoms with Crippen molar-refractivity contribution in [3.63, 3.8) is 0 Å². The topological polar surface area (TPSA) is 39.0 Å². The molecule has 0 saturated heterocycles. The lowest BCUT2D eigenvalue weighted by Gasteiger charge is -2.13. The van der Waals surface area contributed by atoms with Gasteiger partial charge in [-0.15, -0.1) is 0 Å². The molecule has 0 radical (unpaired) electrons. The van der Waals surface area contributed by atoms with Crippen LogP contribution in [0.25, 0.3) is 0 Å². The monoisotopic (exact) mass is 231 g/mol. The molecule has 0 unspecified atom stereocenters. The van der Waals surface area contributed by atoms with Gasteiger partial charge in [-0.3, -0.25) is 9.47 Å². The SMILES string of the molecule is Cc1ccc(C)n1NCCn1ccccc1=O. The van der Waals surface area contributed by atoms with Crippen LogP contribution in [0.4, 0.5) is 0 Å². The molecule has 0 fully saturated rings. The van der Waals surface area contributed by atoms with E-state index in [1.54, 1.807) is 22.9 Å². The van der Waals surface area contributed by atoms with Gasteiger partial charge in [-0.2, -0.15) is 0 Å². The number of aryl methyl sites for hydroxylation is 2. The highest BCUT2D eigenvalue weighted by molar-refractivity contribution is 5.15. The number of rotatable bonds is 4. The zero-order valence-corrected chi connectivity index (χ0v) is 10.2. The van der Waals surface area contributed by atoms with E-state index in [1.165, 1.54) is 11.4 Å². The molecular formula is C13H17N3O. The first-order valence-corrected chi connectivity index (χ1v) is 5.73. The summed E-state index contributed by atoms with van der Waals surface area (Å²) in [5, 5.41) is 0. The van der Waals surface area contributed by atoms with Gasteiger partial charge in [-0.05, 0) is 32.0 Å². The maximum atomic E-state index is 11.5. The Morgan fingerprint density at radius 1 is 1.12 bits per heavy atom. The first-order chi connectivity index (χ1) is 8.18. The Hall–Kier alpha value is -1.97. The summed E-state index contributed by atoms with van der Waals surface area (Å²) in [6.07, 6.45) is 1.80. The van der Waals surface area contributed by atoms with Crippen LogP contribution in [0.2, 0.25) is 0 Å². The Bertz CT molecular complexity index is 534. The predicted molar refractivity (Wildman–Crippen MR) is 68.8 cm³/mol. The van der Waals surface area contributed by atoms with Gasteiger partial charge in [-0.25, -0.2) is 0 Å². The summed E-state index contributed by atoms with van der Waals surface area (Å²) in [6, 6.07) is 9.33. The van der Waals surface area contributed by atoms with Crippen LogP contribution < -0.4 is 11.0 Å². The van der Waals surface area contributed by atoms with Crippen LogP contribution in [-0.2, 0) is 6.54 Å². The molecule has 0 aromatic carbocycles. The van der Waals surface area contributed by atoms with E-state index in [-0.39, 0.29) is 5.56 Å². The number of hydrogen-bond acceptors (Lipinski definition) is 2. The highest BCUT2D eigenvalue weighted by Crippen LogP contribution is 2.03. The highest BCUT2D eigenvalue weighted by atomic mass is 16.1. The van der Waals surface area contributed by atoms with Crippen LogP contribution in [0.15, 0.2) is 41.3 Å². The lowest BCUT2D eigenvalue weighted by molar-refractivity contribution is 0.654. The third-order valence-electron chi connectivity index (χ3n) is 2.79. The van der Waals surface area contributed by atoms with E-state index in [1.807, 2.05) is 10.7 Å². The second-order valence-corrected chi connectivity index (χ2v) is 4.09. The molecule has 0 atom stereocenters. The first-order valence-electron chi connectivity index (χ1n) is 5.73. The molecule has 2 rings (SSSR count). The lowest BCUT2D eigenvalue weighted by atomic mass is 10.4. The van der Waals surface area contributed by atoms with E-state index in [9.17, 15) is 4.79 Å². The Labute approximate surface area is 100 Å². The van der Waals surface area contributed by atoms with Crippen LogP contribution in [0.1, 0.15) is 11.4 Å². The molecule has 0 aliphatic rings. The molecule has 0 saturated carbocycles. The van der Waals surface area contributed by atoms with Crippen molar-refractivity contribution in [1.29, 1.82) is 0 Å². The molecule has 0 aliphatic heterocycles. The van der Waals surface area contributed by atoms with E-state index < -0.39 is 0 Å². The van der Waals surface area contributed by atoms with Gasteiger partial charge in [0.25, 0.3) is 5.56 Å². The van der Waals surface area contributed by atoms with Crippen molar-refractivity contribution in [2.45, 2.75) is 20.4 Å². The third-order valence-corrected chi connectivity index (χ3v) is 2.79. The van der Waals surface area contributed by atoms with E-state index in [0.717, 1.165) is 6.54 Å². The molecule has 2 aromatic rings. The Balaban J connectivity index is 1.97. The van der Waals surface area contributed by atoms with E-state index >= 15 is 0 Å². The summed E-state index contributed by atoms with van der Waals surface area (Å²) < 4.78 is 3.73. The molecule has 2 aromatic heterocycles. The largest absolute Gasteiger partial charge is 0.324 e. The zero-order valence-electron chi connectivity index (χ0n) is 10.2. The molecule has 17 heavy (non-hydrogen) atoms. The van der Waals surface area contributed by atoms with Crippen LogP contribution >= 0.6 is 0 Å². The quantitative estimate of drug-likeness (QED) is 0.866. The maximum Gasteiger partial charge on any atom is 0.250 e. The fourth-order valence-corrected chi connectivity index (χ4v) is 1.85. The molecule has 0 aliphatic carbocycles. The van der Waals surface area contributed by atoms with Gasteiger partial charge in [0, 0.05) is 36.7 Å². The number of nitrogens with one attached hydrogen (secondary N) is 1. The predicted octanol–water partition coefficient (Wildman–Crippen LogP) is 1.51. The number of aromatic nitrogens is 2. The summed E-state index contributed by atoms with van der Waals surface area (Å²) in [4.78, 5) is 11.5. The molecule has 0 bridgehead atoms. The molecule has 4 nitrogen and oxygen atoms in total. The van der Waals surface area contributed by atoms with Gasteiger partial charge in [0.05, 0.1) is 0 Å². The van der Waals surface area contributed by atoms with Crippen molar-refractivity contribution in [3.8, 4) is 0 Å². The first kappa shape index (κ1) is 11.5. The Morgan fingerprint density at radius 2 is 1.82 bits per heavy atom. The second kappa shape index (κ2) is 4.91. The minimum absolute atomic E-state index is 0.0373. The molecule has 90 valence electrons. The summed E-state index contributed by atoms with van der Waals surface area (Å²) in [5.41, 5.74) is 5.67. The molecule has 4 heteroatoms. The summed E-state index contributed by atoms with van der Waals surface area (Å²) in [6.45, 7) is 5.49. The standard InChI is InChI=1S/C13H17N3O/c1-11-6-7-12(2)16(11)14-8-10-15-9-4-3-5-13(15)17/h3-7,9,14H,8,10H2,1-2H3. The number of pyridine rings is 1. The minimum Gasteiger partial charge on any atom is -0.324 e. The average Bonchev–Trinajstić information content (AvgIpc) is 2.63. The minimum atomic E-state index is 0.0373. The molecular weight excluding hydrogens is 214 g/mol. The normalized spacial score (nSPS) is 10.5. The Kier molecular flexibility index (Phi) is 3.32. The van der Waals surface area contributed by atoms with Crippen molar-refractivity contribution in [2.24, 2.45) is 0 Å². The van der Waals surface area contributed by atoms with E-state index in [0.29, 0.717) is 6.54 Å². The fourth-order valence-electron chi connectivity index (χ4n) is 1.85. The van der Waals surface area contributed by atoms with Crippen molar-refractivity contribution in [2.75, 3.05) is 12.0 Å². The molecule has 2 heterocycles. The number of nitrogens with zero attached hydrogens (tertiary/aromatic N) is 2. The Morgan fingerprint density at radius 3 is 2.47 bits per heavy atom. The second-order valence-electron chi connectivity index (χ2n) is 4.09. The summed E-state index contributed by atoms with van der Waals surface area (Å²) in [5.74, 6) is 0. The van der Waals surface area contributed by atoms with Crippen molar-refractivity contribution in [1.82, 2.24) is 9.24 Å². The van der Waals surface area contributed by atoms with E-state index in [2.05, 4.69) is 31.4 Å². The van der Waals surface area contributed by atoms with Crippen molar-refractivity contribution >= 4 is 0 Å². The van der Waals surface area contributed by atoms with E-state index in [4.69, 9.17) is 0 Å². The van der Waals surface area contributed by atoms with Crippen LogP contribution in [0.5, 0.6) is 0 Å². The van der Waals surface area contributed by atoms with Gasteiger partial charge >= 0.3 is 0 Å². The maximum absolute atomic E-state index is 11.5. The van der Waals surface area contributed by atoms with Crippen molar-refractivity contribution < 1.29 is 0 Å². The number of hydrogen-bond donors (Lipinski definition) is 1. The summed E-state index contributed by atoms with van der Waals surface area (Å²) >= 11 is 0. The zero-order chi connectivity index (χ0) is 12.3.